The highest BCUT2D eigenvalue weighted by molar-refractivity contribution is 5.64. The molecule has 5 nitrogen and oxygen atoms in total. The fraction of sp³-hybridized carbons (Fsp3) is 0.786. The molecule has 5 heteroatoms. The van der Waals surface area contributed by atoms with Crippen molar-refractivity contribution >= 4 is 11.5 Å². The van der Waals surface area contributed by atoms with E-state index < -0.39 is 0 Å². The van der Waals surface area contributed by atoms with Crippen LogP contribution in [0.5, 0.6) is 0 Å². The first kappa shape index (κ1) is 14.2. The number of nitrogens with one attached hydrogen (secondary N) is 1. The number of ether oxygens (including phenoxy) is 1. The Kier molecular flexibility index (Phi) is 5.07. The minimum atomic E-state index is 0.464. The highest BCUT2D eigenvalue weighted by atomic mass is 16.5. The van der Waals surface area contributed by atoms with E-state index >= 15 is 0 Å². The summed E-state index contributed by atoms with van der Waals surface area (Å²) in [7, 11) is 1.92. The molecule has 0 amide bonds. The van der Waals surface area contributed by atoms with Gasteiger partial charge in [-0.1, -0.05) is 26.2 Å². The van der Waals surface area contributed by atoms with E-state index in [2.05, 4.69) is 17.3 Å². The Morgan fingerprint density at radius 1 is 1.37 bits per heavy atom. The van der Waals surface area contributed by atoms with Crippen molar-refractivity contribution in [2.45, 2.75) is 51.6 Å². The number of nitrogen functional groups attached to an aromatic ring is 1. The molecule has 1 heterocycles. The standard InChI is InChI=1S/C14H26N4O/c1-3-12-13(15)14(18(2)17-12)16-9-10-19-11-7-5-4-6-8-11/h11,16H,3-10,15H2,1-2H3. The molecule has 1 aromatic heterocycles. The summed E-state index contributed by atoms with van der Waals surface area (Å²) in [4.78, 5) is 0. The van der Waals surface area contributed by atoms with Crippen LogP contribution in [0.1, 0.15) is 44.7 Å². The van der Waals surface area contributed by atoms with Crippen LogP contribution in [0.2, 0.25) is 0 Å². The summed E-state index contributed by atoms with van der Waals surface area (Å²) < 4.78 is 7.70. The van der Waals surface area contributed by atoms with Crippen molar-refractivity contribution in [3.63, 3.8) is 0 Å². The first-order valence-corrected chi connectivity index (χ1v) is 7.39. The van der Waals surface area contributed by atoms with Crippen molar-refractivity contribution in [1.82, 2.24) is 9.78 Å². The van der Waals surface area contributed by atoms with Crippen LogP contribution in [-0.2, 0) is 18.2 Å². The third-order valence-corrected chi connectivity index (χ3v) is 3.80. The van der Waals surface area contributed by atoms with Crippen molar-refractivity contribution in [2.24, 2.45) is 7.05 Å². The quantitative estimate of drug-likeness (QED) is 0.776. The number of anilines is 2. The third kappa shape index (κ3) is 3.62. The van der Waals surface area contributed by atoms with Gasteiger partial charge in [-0.15, -0.1) is 0 Å². The molecule has 108 valence electrons. The van der Waals surface area contributed by atoms with Gasteiger partial charge in [0, 0.05) is 13.6 Å². The average Bonchev–Trinajstić information content (AvgIpc) is 2.71. The SMILES string of the molecule is CCc1nn(C)c(NCCOC2CCCCC2)c1N. The fourth-order valence-electron chi connectivity index (χ4n) is 2.69. The predicted octanol–water partition coefficient (Wildman–Crippen LogP) is 2.33. The number of hydrogen-bond acceptors (Lipinski definition) is 4. The summed E-state index contributed by atoms with van der Waals surface area (Å²) in [6, 6.07) is 0. The Labute approximate surface area is 115 Å². The van der Waals surface area contributed by atoms with E-state index in [0.29, 0.717) is 6.10 Å². The van der Waals surface area contributed by atoms with Crippen LogP contribution in [-0.4, -0.2) is 29.0 Å². The van der Waals surface area contributed by atoms with E-state index in [0.717, 1.165) is 36.8 Å². The first-order chi connectivity index (χ1) is 9.22. The van der Waals surface area contributed by atoms with E-state index in [4.69, 9.17) is 10.5 Å². The zero-order valence-electron chi connectivity index (χ0n) is 12.1. The van der Waals surface area contributed by atoms with Crippen LogP contribution < -0.4 is 11.1 Å². The highest BCUT2D eigenvalue weighted by Gasteiger charge is 2.14. The lowest BCUT2D eigenvalue weighted by molar-refractivity contribution is 0.0347. The molecule has 2 rings (SSSR count). The molecule has 1 saturated carbocycles. The third-order valence-electron chi connectivity index (χ3n) is 3.80. The summed E-state index contributed by atoms with van der Waals surface area (Å²) in [6.45, 7) is 3.58. The zero-order valence-corrected chi connectivity index (χ0v) is 12.1. The minimum Gasteiger partial charge on any atom is -0.394 e. The monoisotopic (exact) mass is 266 g/mol. The second-order valence-electron chi connectivity index (χ2n) is 5.24. The summed E-state index contributed by atoms with van der Waals surface area (Å²) in [5.74, 6) is 0.907. The molecule has 0 aromatic carbocycles. The zero-order chi connectivity index (χ0) is 13.7. The van der Waals surface area contributed by atoms with Gasteiger partial charge in [0.05, 0.1) is 24.1 Å². The molecule has 0 spiro atoms. The number of aromatic nitrogens is 2. The van der Waals surface area contributed by atoms with Crippen LogP contribution in [0.25, 0.3) is 0 Å². The van der Waals surface area contributed by atoms with Gasteiger partial charge < -0.3 is 15.8 Å². The number of nitrogens with zero attached hydrogens (tertiary/aromatic N) is 2. The van der Waals surface area contributed by atoms with Gasteiger partial charge in [-0.2, -0.15) is 5.10 Å². The van der Waals surface area contributed by atoms with Crippen LogP contribution in [0.3, 0.4) is 0 Å². The lowest BCUT2D eigenvalue weighted by atomic mass is 9.98. The maximum atomic E-state index is 6.05. The largest absolute Gasteiger partial charge is 0.394 e. The Balaban J connectivity index is 1.74. The number of hydrogen-bond donors (Lipinski definition) is 2. The molecule has 1 aliphatic rings. The highest BCUT2D eigenvalue weighted by Crippen LogP contribution is 2.22. The Morgan fingerprint density at radius 3 is 2.74 bits per heavy atom. The van der Waals surface area contributed by atoms with Gasteiger partial charge in [0.1, 0.15) is 5.82 Å². The van der Waals surface area contributed by atoms with Gasteiger partial charge in [-0.25, -0.2) is 0 Å². The van der Waals surface area contributed by atoms with E-state index in [1.807, 2.05) is 11.7 Å². The Hall–Kier alpha value is -1.23. The van der Waals surface area contributed by atoms with Crippen molar-refractivity contribution in [1.29, 1.82) is 0 Å². The van der Waals surface area contributed by atoms with Gasteiger partial charge in [-0.05, 0) is 19.3 Å². The van der Waals surface area contributed by atoms with E-state index in [1.165, 1.54) is 32.1 Å². The minimum absolute atomic E-state index is 0.464. The number of rotatable bonds is 6. The molecule has 0 radical (unpaired) electrons. The van der Waals surface area contributed by atoms with Crippen LogP contribution in [0, 0.1) is 0 Å². The molecule has 0 bridgehead atoms. The molecule has 0 aliphatic heterocycles. The second-order valence-corrected chi connectivity index (χ2v) is 5.24. The maximum absolute atomic E-state index is 6.05. The van der Waals surface area contributed by atoms with Crippen molar-refractivity contribution in [2.75, 3.05) is 24.2 Å². The lowest BCUT2D eigenvalue weighted by Gasteiger charge is -2.22. The van der Waals surface area contributed by atoms with Gasteiger partial charge in [-0.3, -0.25) is 4.68 Å². The smallest absolute Gasteiger partial charge is 0.147 e. The van der Waals surface area contributed by atoms with E-state index in [1.54, 1.807) is 0 Å². The molecule has 0 unspecified atom stereocenters. The van der Waals surface area contributed by atoms with Gasteiger partial charge >= 0.3 is 0 Å². The maximum Gasteiger partial charge on any atom is 0.147 e. The first-order valence-electron chi connectivity index (χ1n) is 7.39. The van der Waals surface area contributed by atoms with Gasteiger partial charge in [0.25, 0.3) is 0 Å². The Bertz CT molecular complexity index is 396. The van der Waals surface area contributed by atoms with Crippen LogP contribution >= 0.6 is 0 Å². The summed E-state index contributed by atoms with van der Waals surface area (Å²) >= 11 is 0. The Morgan fingerprint density at radius 2 is 2.11 bits per heavy atom. The molecule has 0 saturated heterocycles. The van der Waals surface area contributed by atoms with E-state index in [9.17, 15) is 0 Å². The second kappa shape index (κ2) is 6.80. The van der Waals surface area contributed by atoms with E-state index in [-0.39, 0.29) is 0 Å². The molecule has 0 atom stereocenters. The lowest BCUT2D eigenvalue weighted by Crippen LogP contribution is -2.21. The fourth-order valence-corrected chi connectivity index (χ4v) is 2.69. The van der Waals surface area contributed by atoms with Gasteiger partial charge in [0.2, 0.25) is 0 Å². The number of nitrogens with two attached hydrogens (primary N) is 1. The normalized spacial score (nSPS) is 16.7. The summed E-state index contributed by atoms with van der Waals surface area (Å²) in [5.41, 5.74) is 7.78. The topological polar surface area (TPSA) is 65.1 Å². The molecular weight excluding hydrogens is 240 g/mol. The summed E-state index contributed by atoms with van der Waals surface area (Å²) in [5, 5.41) is 7.71. The summed E-state index contributed by atoms with van der Waals surface area (Å²) in [6.07, 6.45) is 7.75. The van der Waals surface area contributed by atoms with Crippen LogP contribution in [0.4, 0.5) is 11.5 Å². The van der Waals surface area contributed by atoms with Crippen molar-refractivity contribution in [3.8, 4) is 0 Å². The molecular formula is C14H26N4O. The van der Waals surface area contributed by atoms with Gasteiger partial charge in [0.15, 0.2) is 0 Å². The van der Waals surface area contributed by atoms with Crippen LogP contribution in [0.15, 0.2) is 0 Å². The predicted molar refractivity (Wildman–Crippen MR) is 78.3 cm³/mol. The molecule has 1 aromatic rings. The molecule has 1 aliphatic carbocycles. The molecule has 1 fully saturated rings. The molecule has 3 N–H and O–H groups in total. The average molecular weight is 266 g/mol. The van der Waals surface area contributed by atoms with Crippen molar-refractivity contribution < 1.29 is 4.74 Å². The van der Waals surface area contributed by atoms with Crippen molar-refractivity contribution in [3.05, 3.63) is 5.69 Å². The molecule has 19 heavy (non-hydrogen) atoms. The number of aryl methyl sites for hydroxylation is 2.